The van der Waals surface area contributed by atoms with E-state index in [-0.39, 0.29) is 23.5 Å². The van der Waals surface area contributed by atoms with Gasteiger partial charge in [0.15, 0.2) is 0 Å². The third-order valence-corrected chi connectivity index (χ3v) is 6.46. The molecule has 2 N–H and O–H groups in total. The van der Waals surface area contributed by atoms with Gasteiger partial charge in [0.2, 0.25) is 0 Å². The summed E-state index contributed by atoms with van der Waals surface area (Å²) in [4.78, 5) is 25.6. The Balaban J connectivity index is 3.29. The van der Waals surface area contributed by atoms with Crippen LogP contribution in [0.5, 0.6) is 0 Å². The van der Waals surface area contributed by atoms with Crippen LogP contribution in [0.1, 0.15) is 74.1 Å². The van der Waals surface area contributed by atoms with Crippen LogP contribution in [0.15, 0.2) is 0 Å². The van der Waals surface area contributed by atoms with Crippen molar-refractivity contribution in [2.75, 3.05) is 7.11 Å². The molecule has 0 saturated carbocycles. The average molecular weight is 401 g/mol. The first kappa shape index (κ1) is 25.1. The van der Waals surface area contributed by atoms with E-state index in [1.54, 1.807) is 21.0 Å². The third-order valence-electron chi connectivity index (χ3n) is 6.46. The molecule has 1 saturated heterocycles. The molecule has 0 radical (unpaired) electrons. The molecule has 28 heavy (non-hydrogen) atoms. The molecular weight excluding hydrogens is 360 g/mol. The molecule has 6 heteroatoms. The summed E-state index contributed by atoms with van der Waals surface area (Å²) in [5.74, 6) is -1.79. The topological polar surface area (TPSA) is 93.1 Å². The van der Waals surface area contributed by atoms with Crippen molar-refractivity contribution in [2.45, 2.75) is 97.6 Å². The minimum Gasteiger partial charge on any atom is -0.459 e. The second-order valence-corrected chi connectivity index (χ2v) is 9.40. The Bertz CT molecular complexity index is 545. The first-order chi connectivity index (χ1) is 12.8. The molecule has 0 aromatic rings. The molecule has 1 aliphatic rings. The maximum atomic E-state index is 13.0. The van der Waals surface area contributed by atoms with Gasteiger partial charge in [0.25, 0.3) is 0 Å². The summed E-state index contributed by atoms with van der Waals surface area (Å²) in [5, 5.41) is 21.8. The van der Waals surface area contributed by atoms with Crippen molar-refractivity contribution in [1.29, 1.82) is 0 Å². The molecule has 2 unspecified atom stereocenters. The lowest BCUT2D eigenvalue weighted by molar-refractivity contribution is -0.190. The smallest absolute Gasteiger partial charge is 0.309 e. The van der Waals surface area contributed by atoms with Crippen LogP contribution in [-0.4, -0.2) is 52.5 Å². The first-order valence-electron chi connectivity index (χ1n) is 10.5. The van der Waals surface area contributed by atoms with Crippen LogP contribution < -0.4 is 0 Å². The highest BCUT2D eigenvalue weighted by atomic mass is 16.6. The van der Waals surface area contributed by atoms with Gasteiger partial charge in [0.1, 0.15) is 17.5 Å². The van der Waals surface area contributed by atoms with Gasteiger partial charge in [-0.05, 0) is 45.4 Å². The van der Waals surface area contributed by atoms with Crippen LogP contribution in [0.4, 0.5) is 0 Å². The Morgan fingerprint density at radius 1 is 1.11 bits per heavy atom. The molecule has 0 aromatic heterocycles. The predicted molar refractivity (Wildman–Crippen MR) is 108 cm³/mol. The minimum absolute atomic E-state index is 0.129. The van der Waals surface area contributed by atoms with E-state index in [0.29, 0.717) is 25.7 Å². The number of hydrogen-bond donors (Lipinski definition) is 2. The summed E-state index contributed by atoms with van der Waals surface area (Å²) >= 11 is 0. The molecule has 1 fully saturated rings. The van der Waals surface area contributed by atoms with Crippen molar-refractivity contribution in [2.24, 2.45) is 23.7 Å². The zero-order chi connectivity index (χ0) is 21.9. The van der Waals surface area contributed by atoms with Gasteiger partial charge in [0, 0.05) is 18.9 Å². The molecule has 0 spiro atoms. The highest BCUT2D eigenvalue weighted by molar-refractivity contribution is 5.83. The van der Waals surface area contributed by atoms with Crippen LogP contribution >= 0.6 is 0 Å². The van der Waals surface area contributed by atoms with E-state index in [0.717, 1.165) is 0 Å². The number of ketones is 1. The molecule has 1 aliphatic heterocycles. The Kier molecular flexibility index (Phi) is 8.66. The molecule has 8 atom stereocenters. The minimum atomic E-state index is -1.72. The number of methoxy groups -OCH3 is 1. The maximum absolute atomic E-state index is 13.0. The van der Waals surface area contributed by atoms with Crippen LogP contribution in [0.3, 0.4) is 0 Å². The van der Waals surface area contributed by atoms with Gasteiger partial charge >= 0.3 is 5.97 Å². The fraction of sp³-hybridized carbons (Fsp3) is 0.909. The van der Waals surface area contributed by atoms with Crippen LogP contribution in [0.25, 0.3) is 0 Å². The normalized spacial score (nSPS) is 44.6. The van der Waals surface area contributed by atoms with Crippen molar-refractivity contribution < 1.29 is 29.3 Å². The van der Waals surface area contributed by atoms with Gasteiger partial charge in [-0.3, -0.25) is 9.59 Å². The van der Waals surface area contributed by atoms with E-state index >= 15 is 0 Å². The van der Waals surface area contributed by atoms with Crippen LogP contribution in [0.2, 0.25) is 0 Å². The SMILES string of the molecule is CC[C@H]1OC(=O)C(C)C[C@H](C)C[C@](C)(OC)C[C@@H](C)C(=O)[C@H](C)C(O)[C@]1(C)O. The second-order valence-electron chi connectivity index (χ2n) is 9.40. The van der Waals surface area contributed by atoms with Gasteiger partial charge in [0.05, 0.1) is 17.6 Å². The number of ether oxygens (including phenoxy) is 2. The number of carbonyl (C=O) groups is 2. The van der Waals surface area contributed by atoms with E-state index in [9.17, 15) is 19.8 Å². The zero-order valence-electron chi connectivity index (χ0n) is 18.8. The Labute approximate surface area is 170 Å². The van der Waals surface area contributed by atoms with Gasteiger partial charge < -0.3 is 19.7 Å². The Morgan fingerprint density at radius 3 is 2.18 bits per heavy atom. The van der Waals surface area contributed by atoms with E-state index in [1.165, 1.54) is 6.92 Å². The molecule has 164 valence electrons. The number of carbonyl (C=O) groups excluding carboxylic acids is 2. The lowest BCUT2D eigenvalue weighted by atomic mass is 9.75. The molecular formula is C22H40O6. The zero-order valence-corrected chi connectivity index (χ0v) is 18.8. The summed E-state index contributed by atoms with van der Waals surface area (Å²) in [6, 6.07) is 0. The van der Waals surface area contributed by atoms with E-state index in [4.69, 9.17) is 9.47 Å². The van der Waals surface area contributed by atoms with Gasteiger partial charge in [-0.2, -0.15) is 0 Å². The van der Waals surface area contributed by atoms with E-state index < -0.39 is 35.3 Å². The fourth-order valence-electron chi connectivity index (χ4n) is 4.69. The fourth-order valence-corrected chi connectivity index (χ4v) is 4.69. The van der Waals surface area contributed by atoms with Gasteiger partial charge in [-0.25, -0.2) is 0 Å². The number of hydrogen-bond acceptors (Lipinski definition) is 6. The summed E-state index contributed by atoms with van der Waals surface area (Å²) in [5.41, 5.74) is -2.24. The third kappa shape index (κ3) is 5.77. The summed E-state index contributed by atoms with van der Waals surface area (Å²) in [6.45, 7) is 12.6. The Hall–Kier alpha value is -0.980. The van der Waals surface area contributed by atoms with Crippen LogP contribution in [-0.2, 0) is 19.1 Å². The molecule has 1 heterocycles. The quantitative estimate of drug-likeness (QED) is 0.692. The summed E-state index contributed by atoms with van der Waals surface area (Å²) in [6.07, 6.45) is -0.0304. The van der Waals surface area contributed by atoms with Crippen molar-refractivity contribution in [3.05, 3.63) is 0 Å². The van der Waals surface area contributed by atoms with Crippen molar-refractivity contribution in [3.8, 4) is 0 Å². The Morgan fingerprint density at radius 2 is 1.68 bits per heavy atom. The lowest BCUT2D eigenvalue weighted by Crippen LogP contribution is -2.55. The van der Waals surface area contributed by atoms with Gasteiger partial charge in [-0.15, -0.1) is 0 Å². The molecule has 0 bridgehead atoms. The second kappa shape index (κ2) is 9.68. The highest BCUT2D eigenvalue weighted by Gasteiger charge is 2.46. The number of rotatable bonds is 2. The number of aliphatic hydroxyl groups excluding tert-OH is 1. The lowest BCUT2D eigenvalue weighted by Gasteiger charge is -2.40. The molecule has 0 aliphatic carbocycles. The van der Waals surface area contributed by atoms with Crippen molar-refractivity contribution >= 4 is 11.8 Å². The van der Waals surface area contributed by atoms with E-state index in [1.807, 2.05) is 20.8 Å². The van der Waals surface area contributed by atoms with Gasteiger partial charge in [-0.1, -0.05) is 34.6 Å². The number of Topliss-reactive ketones (excluding diaryl/α,β-unsaturated/α-hetero) is 1. The standard InChI is InChI=1S/C22H40O6/c1-9-17-22(7,26)19(24)16(5)18(23)15(4)12-21(6,27-8)11-13(2)10-14(3)20(25)28-17/h13-17,19,24,26H,9-12H2,1-8H3/t13-,14?,15+,16-,17+,19?,21-,22+/m0/s1. The number of aliphatic hydroxyl groups is 2. The maximum Gasteiger partial charge on any atom is 0.309 e. The predicted octanol–water partition coefficient (Wildman–Crippen LogP) is 3.12. The van der Waals surface area contributed by atoms with Crippen LogP contribution in [0, 0.1) is 23.7 Å². The summed E-state index contributed by atoms with van der Waals surface area (Å²) < 4.78 is 11.3. The number of esters is 1. The molecule has 6 nitrogen and oxygen atoms in total. The molecule has 0 aromatic carbocycles. The van der Waals surface area contributed by atoms with Crippen molar-refractivity contribution in [1.82, 2.24) is 0 Å². The number of cyclic esters (lactones) is 1. The summed E-state index contributed by atoms with van der Waals surface area (Å²) in [7, 11) is 1.64. The van der Waals surface area contributed by atoms with E-state index in [2.05, 4.69) is 6.92 Å². The average Bonchev–Trinajstić information content (AvgIpc) is 2.62. The first-order valence-corrected chi connectivity index (χ1v) is 10.5. The largest absolute Gasteiger partial charge is 0.459 e. The monoisotopic (exact) mass is 400 g/mol. The molecule has 1 rings (SSSR count). The molecule has 0 amide bonds. The highest BCUT2D eigenvalue weighted by Crippen LogP contribution is 2.35. The van der Waals surface area contributed by atoms with Crippen molar-refractivity contribution in [3.63, 3.8) is 0 Å².